The van der Waals surface area contributed by atoms with Gasteiger partial charge in [0.1, 0.15) is 5.75 Å². The van der Waals surface area contributed by atoms with Crippen LogP contribution in [-0.4, -0.2) is 42.5 Å². The van der Waals surface area contributed by atoms with Crippen molar-refractivity contribution in [3.05, 3.63) is 27.3 Å². The summed E-state index contributed by atoms with van der Waals surface area (Å²) in [5, 5.41) is 21.2. The Morgan fingerprint density at radius 3 is 2.83 bits per heavy atom. The molecule has 0 aliphatic rings. The molecule has 0 saturated heterocycles. The van der Waals surface area contributed by atoms with Gasteiger partial charge < -0.3 is 20.3 Å². The molecular formula is C12H16INO4. The van der Waals surface area contributed by atoms with Crippen LogP contribution in [0.4, 0.5) is 0 Å². The number of phenolic OH excluding ortho intramolecular Hbond substituents is 1. The first-order chi connectivity index (χ1) is 8.58. The van der Waals surface area contributed by atoms with Crippen molar-refractivity contribution < 1.29 is 19.7 Å². The number of nitrogens with one attached hydrogen (secondary N) is 1. The summed E-state index contributed by atoms with van der Waals surface area (Å²) < 4.78 is 5.65. The molecule has 0 aliphatic carbocycles. The molecule has 6 heteroatoms. The summed E-state index contributed by atoms with van der Waals surface area (Å²) in [7, 11) is 1.53. The zero-order chi connectivity index (χ0) is 13.5. The van der Waals surface area contributed by atoms with Crippen LogP contribution in [0.25, 0.3) is 0 Å². The molecule has 100 valence electrons. The number of aliphatic hydroxyl groups is 1. The Hall–Kier alpha value is -0.860. The molecule has 1 amide bonds. The maximum Gasteiger partial charge on any atom is 0.251 e. The smallest absolute Gasteiger partial charge is 0.251 e. The van der Waals surface area contributed by atoms with Crippen LogP contribution in [0.2, 0.25) is 0 Å². The fraction of sp³-hybridized carbons (Fsp3) is 0.417. The van der Waals surface area contributed by atoms with E-state index in [2.05, 4.69) is 5.32 Å². The Morgan fingerprint density at radius 1 is 1.56 bits per heavy atom. The van der Waals surface area contributed by atoms with E-state index in [0.29, 0.717) is 22.2 Å². The molecule has 0 saturated carbocycles. The Morgan fingerprint density at radius 2 is 2.28 bits per heavy atom. The number of benzene rings is 1. The molecule has 0 bridgehead atoms. The molecule has 3 N–H and O–H groups in total. The summed E-state index contributed by atoms with van der Waals surface area (Å²) in [5.74, 6) is -0.217. The van der Waals surface area contributed by atoms with Gasteiger partial charge in [0, 0.05) is 19.3 Å². The van der Waals surface area contributed by atoms with Crippen molar-refractivity contribution in [2.24, 2.45) is 0 Å². The van der Waals surface area contributed by atoms with Gasteiger partial charge in [0.05, 0.1) is 16.2 Å². The van der Waals surface area contributed by atoms with Crippen molar-refractivity contribution in [1.82, 2.24) is 5.32 Å². The number of carbonyl (C=O) groups excluding carboxylic acids is 1. The van der Waals surface area contributed by atoms with Gasteiger partial charge >= 0.3 is 0 Å². The highest BCUT2D eigenvalue weighted by Crippen LogP contribution is 2.20. The molecule has 1 unspecified atom stereocenters. The molecule has 18 heavy (non-hydrogen) atoms. The van der Waals surface area contributed by atoms with Crippen molar-refractivity contribution in [3.8, 4) is 5.75 Å². The molecule has 1 atom stereocenters. The third-order valence-electron chi connectivity index (χ3n) is 2.39. The van der Waals surface area contributed by atoms with Crippen LogP contribution < -0.4 is 5.32 Å². The van der Waals surface area contributed by atoms with Crippen LogP contribution in [0.15, 0.2) is 18.2 Å². The van der Waals surface area contributed by atoms with Crippen molar-refractivity contribution in [2.45, 2.75) is 12.5 Å². The number of hydrogen-bond donors (Lipinski definition) is 3. The van der Waals surface area contributed by atoms with E-state index in [-0.39, 0.29) is 24.3 Å². The lowest BCUT2D eigenvalue weighted by molar-refractivity contribution is 0.0878. The van der Waals surface area contributed by atoms with Gasteiger partial charge in [-0.15, -0.1) is 0 Å². The number of carbonyl (C=O) groups is 1. The Bertz CT molecular complexity index is 405. The van der Waals surface area contributed by atoms with Crippen molar-refractivity contribution in [2.75, 3.05) is 20.3 Å². The standard InChI is InChI=1S/C12H16INO4/c1-18-7-9(4-5-15)14-12(17)8-2-3-10(13)11(16)6-8/h2-3,6,9,15-16H,4-5,7H2,1H3,(H,14,17). The lowest BCUT2D eigenvalue weighted by Crippen LogP contribution is -2.38. The third-order valence-corrected chi connectivity index (χ3v) is 3.30. The second-order valence-corrected chi connectivity index (χ2v) is 4.97. The van der Waals surface area contributed by atoms with Gasteiger partial charge in [0.25, 0.3) is 5.91 Å². The lowest BCUT2D eigenvalue weighted by atomic mass is 10.1. The lowest BCUT2D eigenvalue weighted by Gasteiger charge is -2.16. The summed E-state index contributed by atoms with van der Waals surface area (Å²) in [6, 6.07) is 4.48. The van der Waals surface area contributed by atoms with E-state index in [0.717, 1.165) is 0 Å². The van der Waals surface area contributed by atoms with Gasteiger partial charge in [-0.05, 0) is 47.2 Å². The minimum absolute atomic E-state index is 0.0216. The Labute approximate surface area is 119 Å². The molecule has 0 radical (unpaired) electrons. The summed E-state index contributed by atoms with van der Waals surface area (Å²) in [6.45, 7) is 0.314. The number of rotatable bonds is 6. The Balaban J connectivity index is 2.70. The first-order valence-electron chi connectivity index (χ1n) is 5.47. The zero-order valence-electron chi connectivity index (χ0n) is 10.0. The van der Waals surface area contributed by atoms with E-state index < -0.39 is 0 Å². The van der Waals surface area contributed by atoms with Crippen molar-refractivity contribution in [3.63, 3.8) is 0 Å². The van der Waals surface area contributed by atoms with E-state index in [1.54, 1.807) is 12.1 Å². The maximum absolute atomic E-state index is 11.9. The number of phenols is 1. The topological polar surface area (TPSA) is 78.8 Å². The van der Waals surface area contributed by atoms with Crippen LogP contribution in [0.3, 0.4) is 0 Å². The predicted molar refractivity (Wildman–Crippen MR) is 75.7 cm³/mol. The number of halogens is 1. The van der Waals surface area contributed by atoms with Gasteiger partial charge in [-0.2, -0.15) is 0 Å². The molecule has 5 nitrogen and oxygen atoms in total. The highest BCUT2D eigenvalue weighted by molar-refractivity contribution is 14.1. The van der Waals surface area contributed by atoms with Gasteiger partial charge in [-0.1, -0.05) is 0 Å². The van der Waals surface area contributed by atoms with Crippen LogP contribution in [-0.2, 0) is 4.74 Å². The fourth-order valence-electron chi connectivity index (χ4n) is 1.48. The summed E-state index contributed by atoms with van der Waals surface area (Å²) >= 11 is 1.98. The second-order valence-electron chi connectivity index (χ2n) is 3.80. The van der Waals surface area contributed by atoms with E-state index >= 15 is 0 Å². The monoisotopic (exact) mass is 365 g/mol. The first-order valence-corrected chi connectivity index (χ1v) is 6.55. The quantitative estimate of drug-likeness (QED) is 0.661. The Kier molecular flexibility index (Phi) is 6.37. The van der Waals surface area contributed by atoms with E-state index in [9.17, 15) is 9.90 Å². The van der Waals surface area contributed by atoms with Crippen LogP contribution >= 0.6 is 22.6 Å². The minimum atomic E-state index is -0.294. The SMILES string of the molecule is COCC(CCO)NC(=O)c1ccc(I)c(O)c1. The molecule has 0 aromatic heterocycles. The molecule has 1 aromatic carbocycles. The summed E-state index contributed by atoms with van der Waals surface area (Å²) in [5.41, 5.74) is 0.381. The van der Waals surface area contributed by atoms with Gasteiger partial charge in [-0.25, -0.2) is 0 Å². The molecule has 0 fully saturated rings. The predicted octanol–water partition coefficient (Wildman–Crippen LogP) is 1.12. The van der Waals surface area contributed by atoms with Crippen molar-refractivity contribution >= 4 is 28.5 Å². The zero-order valence-corrected chi connectivity index (χ0v) is 12.2. The fourth-order valence-corrected chi connectivity index (χ4v) is 1.81. The highest BCUT2D eigenvalue weighted by Gasteiger charge is 2.14. The van der Waals surface area contributed by atoms with E-state index in [1.165, 1.54) is 13.2 Å². The number of aromatic hydroxyl groups is 1. The normalized spacial score (nSPS) is 12.2. The van der Waals surface area contributed by atoms with E-state index in [4.69, 9.17) is 9.84 Å². The molecule has 1 aromatic rings. The van der Waals surface area contributed by atoms with Gasteiger partial charge in [0.15, 0.2) is 0 Å². The molecule has 0 aliphatic heterocycles. The highest BCUT2D eigenvalue weighted by atomic mass is 127. The number of ether oxygens (including phenoxy) is 1. The number of hydrogen-bond acceptors (Lipinski definition) is 4. The average Bonchev–Trinajstić information content (AvgIpc) is 2.33. The van der Waals surface area contributed by atoms with Crippen LogP contribution in [0.1, 0.15) is 16.8 Å². The number of aliphatic hydroxyl groups excluding tert-OH is 1. The molecule has 0 heterocycles. The number of amides is 1. The molecular weight excluding hydrogens is 349 g/mol. The second kappa shape index (κ2) is 7.55. The van der Waals surface area contributed by atoms with Crippen molar-refractivity contribution in [1.29, 1.82) is 0 Å². The molecule has 0 spiro atoms. The summed E-state index contributed by atoms with van der Waals surface area (Å²) in [4.78, 5) is 11.9. The first kappa shape index (κ1) is 15.2. The van der Waals surface area contributed by atoms with Crippen LogP contribution in [0, 0.1) is 3.57 Å². The third kappa shape index (κ3) is 4.43. The minimum Gasteiger partial charge on any atom is -0.507 e. The van der Waals surface area contributed by atoms with E-state index in [1.807, 2.05) is 22.6 Å². The summed E-state index contributed by atoms with van der Waals surface area (Å²) in [6.07, 6.45) is 0.427. The van der Waals surface area contributed by atoms with Gasteiger partial charge in [-0.3, -0.25) is 4.79 Å². The largest absolute Gasteiger partial charge is 0.507 e. The molecule has 1 rings (SSSR count). The average molecular weight is 365 g/mol. The number of methoxy groups -OCH3 is 1. The van der Waals surface area contributed by atoms with Crippen LogP contribution in [0.5, 0.6) is 5.75 Å². The maximum atomic E-state index is 11.9. The van der Waals surface area contributed by atoms with Gasteiger partial charge in [0.2, 0.25) is 0 Å².